The van der Waals surface area contributed by atoms with Crippen LogP contribution in [0.25, 0.3) is 16.6 Å². The summed E-state index contributed by atoms with van der Waals surface area (Å²) >= 11 is 0. The van der Waals surface area contributed by atoms with Crippen molar-refractivity contribution < 1.29 is 13.2 Å². The highest BCUT2D eigenvalue weighted by atomic mass is 19.4. The van der Waals surface area contributed by atoms with E-state index in [1.165, 1.54) is 21.4 Å². The lowest BCUT2D eigenvalue weighted by Gasteiger charge is -2.32. The van der Waals surface area contributed by atoms with E-state index in [4.69, 9.17) is 0 Å². The Morgan fingerprint density at radius 1 is 0.963 bits per heavy atom. The summed E-state index contributed by atoms with van der Waals surface area (Å²) in [5.41, 5.74) is 4.72. The van der Waals surface area contributed by atoms with E-state index < -0.39 is 12.7 Å². The number of aryl methyl sites for hydroxylation is 1. The molecular weight excluding hydrogens is 349 g/mol. The van der Waals surface area contributed by atoms with Crippen LogP contribution in [0.2, 0.25) is 0 Å². The van der Waals surface area contributed by atoms with Crippen molar-refractivity contribution in [1.29, 1.82) is 0 Å². The maximum atomic E-state index is 12.6. The molecule has 0 saturated carbocycles. The van der Waals surface area contributed by atoms with Crippen molar-refractivity contribution in [2.45, 2.75) is 31.9 Å². The van der Waals surface area contributed by atoms with Gasteiger partial charge in [-0.25, -0.2) is 0 Å². The normalized spacial score (nSPS) is 16.9. The molecule has 4 rings (SSSR count). The standard InChI is InChI=1S/C22H23F3N2/c1-16-6-8-18(9-7-16)27-14-20(19-4-2-3-5-21(19)27)17-10-12-26(13-11-17)15-22(23,24)25/h2-9,14,17H,10-13,15H2,1H3. The number of likely N-dealkylation sites (tertiary alicyclic amines) is 1. The molecule has 0 unspecified atom stereocenters. The maximum absolute atomic E-state index is 12.6. The Balaban J connectivity index is 1.63. The first-order chi connectivity index (χ1) is 12.9. The quantitative estimate of drug-likeness (QED) is 0.574. The zero-order valence-electron chi connectivity index (χ0n) is 15.3. The summed E-state index contributed by atoms with van der Waals surface area (Å²) in [7, 11) is 0. The summed E-state index contributed by atoms with van der Waals surface area (Å²) < 4.78 is 40.1. The van der Waals surface area contributed by atoms with Crippen LogP contribution >= 0.6 is 0 Å². The number of aromatic nitrogens is 1. The predicted molar refractivity (Wildman–Crippen MR) is 102 cm³/mol. The van der Waals surface area contributed by atoms with Crippen LogP contribution in [-0.4, -0.2) is 35.3 Å². The second kappa shape index (κ2) is 7.04. The zero-order chi connectivity index (χ0) is 19.0. The summed E-state index contributed by atoms with van der Waals surface area (Å²) in [6.07, 6.45) is -0.413. The molecule has 0 amide bonds. The molecule has 2 nitrogen and oxygen atoms in total. The van der Waals surface area contributed by atoms with Crippen molar-refractivity contribution in [2.24, 2.45) is 0 Å². The van der Waals surface area contributed by atoms with Crippen LogP contribution in [0, 0.1) is 6.92 Å². The summed E-state index contributed by atoms with van der Waals surface area (Å²) in [5, 5.41) is 1.20. The molecule has 0 atom stereocenters. The lowest BCUT2D eigenvalue weighted by atomic mass is 9.89. The van der Waals surface area contributed by atoms with E-state index in [-0.39, 0.29) is 0 Å². The highest BCUT2D eigenvalue weighted by Crippen LogP contribution is 2.36. The fraction of sp³-hybridized carbons (Fsp3) is 0.364. The second-order valence-corrected chi connectivity index (χ2v) is 7.47. The number of hydrogen-bond donors (Lipinski definition) is 0. The van der Waals surface area contributed by atoms with E-state index in [2.05, 4.69) is 54.1 Å². The third kappa shape index (κ3) is 3.88. The summed E-state index contributed by atoms with van der Waals surface area (Å²) in [4.78, 5) is 1.52. The Morgan fingerprint density at radius 3 is 2.30 bits per heavy atom. The Kier molecular flexibility index (Phi) is 4.72. The third-order valence-corrected chi connectivity index (χ3v) is 5.49. The first-order valence-electron chi connectivity index (χ1n) is 9.37. The fourth-order valence-corrected chi connectivity index (χ4v) is 4.11. The summed E-state index contributed by atoms with van der Waals surface area (Å²) in [6, 6.07) is 16.7. The van der Waals surface area contributed by atoms with Gasteiger partial charge in [0.2, 0.25) is 0 Å². The van der Waals surface area contributed by atoms with Crippen LogP contribution in [0.15, 0.2) is 54.7 Å². The van der Waals surface area contributed by atoms with Gasteiger partial charge in [0, 0.05) is 17.3 Å². The number of rotatable bonds is 3. The van der Waals surface area contributed by atoms with Gasteiger partial charge in [-0.15, -0.1) is 0 Å². The number of hydrogen-bond acceptors (Lipinski definition) is 1. The lowest BCUT2D eigenvalue weighted by Crippen LogP contribution is -2.39. The molecule has 1 fully saturated rings. The van der Waals surface area contributed by atoms with Gasteiger partial charge >= 0.3 is 6.18 Å². The number of para-hydroxylation sites is 1. The number of benzene rings is 2. The van der Waals surface area contributed by atoms with Crippen molar-refractivity contribution in [1.82, 2.24) is 9.47 Å². The summed E-state index contributed by atoms with van der Waals surface area (Å²) in [6.45, 7) is 2.25. The van der Waals surface area contributed by atoms with Gasteiger partial charge in [0.05, 0.1) is 12.1 Å². The van der Waals surface area contributed by atoms with Crippen LogP contribution in [0.3, 0.4) is 0 Å². The van der Waals surface area contributed by atoms with Gasteiger partial charge in [0.15, 0.2) is 0 Å². The van der Waals surface area contributed by atoms with Gasteiger partial charge in [0.1, 0.15) is 0 Å². The monoisotopic (exact) mass is 372 g/mol. The second-order valence-electron chi connectivity index (χ2n) is 7.47. The van der Waals surface area contributed by atoms with Gasteiger partial charge in [-0.05, 0) is 62.5 Å². The summed E-state index contributed by atoms with van der Waals surface area (Å²) in [5.74, 6) is 0.297. The highest BCUT2D eigenvalue weighted by Gasteiger charge is 2.33. The predicted octanol–water partition coefficient (Wildman–Crippen LogP) is 5.68. The zero-order valence-corrected chi connectivity index (χ0v) is 15.3. The van der Waals surface area contributed by atoms with Crippen LogP contribution in [0.5, 0.6) is 0 Å². The molecule has 5 heteroatoms. The smallest absolute Gasteiger partial charge is 0.316 e. The van der Waals surface area contributed by atoms with Crippen molar-refractivity contribution >= 4 is 10.9 Å². The molecule has 0 spiro atoms. The highest BCUT2D eigenvalue weighted by molar-refractivity contribution is 5.86. The van der Waals surface area contributed by atoms with E-state index in [1.807, 2.05) is 12.1 Å². The van der Waals surface area contributed by atoms with Crippen LogP contribution in [0.1, 0.15) is 29.9 Å². The van der Waals surface area contributed by atoms with Crippen molar-refractivity contribution in [2.75, 3.05) is 19.6 Å². The topological polar surface area (TPSA) is 8.17 Å². The van der Waals surface area contributed by atoms with Crippen LogP contribution in [0.4, 0.5) is 13.2 Å². The Morgan fingerprint density at radius 2 is 1.63 bits per heavy atom. The molecular formula is C22H23F3N2. The van der Waals surface area contributed by atoms with Crippen molar-refractivity contribution in [3.63, 3.8) is 0 Å². The minimum atomic E-state index is -4.12. The van der Waals surface area contributed by atoms with Gasteiger partial charge < -0.3 is 4.57 Å². The number of nitrogens with zero attached hydrogens (tertiary/aromatic N) is 2. The van der Waals surface area contributed by atoms with E-state index in [1.54, 1.807) is 0 Å². The number of alkyl halides is 3. The molecule has 0 aliphatic carbocycles. The Hall–Kier alpha value is -2.27. The average molecular weight is 372 g/mol. The number of piperidine rings is 1. The lowest BCUT2D eigenvalue weighted by molar-refractivity contribution is -0.147. The third-order valence-electron chi connectivity index (χ3n) is 5.49. The molecule has 3 aromatic rings. The van der Waals surface area contributed by atoms with E-state index >= 15 is 0 Å². The van der Waals surface area contributed by atoms with Gasteiger partial charge in [-0.2, -0.15) is 13.2 Å². The van der Waals surface area contributed by atoms with Gasteiger partial charge in [-0.3, -0.25) is 4.90 Å². The molecule has 142 valence electrons. The molecule has 2 heterocycles. The average Bonchev–Trinajstić information content (AvgIpc) is 3.02. The largest absolute Gasteiger partial charge is 0.401 e. The fourth-order valence-electron chi connectivity index (χ4n) is 4.11. The number of fused-ring (bicyclic) bond motifs is 1. The van der Waals surface area contributed by atoms with Crippen LogP contribution < -0.4 is 0 Å². The molecule has 27 heavy (non-hydrogen) atoms. The van der Waals surface area contributed by atoms with Crippen molar-refractivity contribution in [3.8, 4) is 5.69 Å². The van der Waals surface area contributed by atoms with E-state index in [0.29, 0.717) is 19.0 Å². The van der Waals surface area contributed by atoms with Gasteiger partial charge in [-0.1, -0.05) is 35.9 Å². The minimum Gasteiger partial charge on any atom is -0.316 e. The molecule has 0 bridgehead atoms. The Bertz CT molecular complexity index is 917. The molecule has 1 saturated heterocycles. The van der Waals surface area contributed by atoms with Crippen LogP contribution in [-0.2, 0) is 0 Å². The maximum Gasteiger partial charge on any atom is 0.401 e. The van der Waals surface area contributed by atoms with Gasteiger partial charge in [0.25, 0.3) is 0 Å². The Labute approximate surface area is 157 Å². The molecule has 1 aliphatic rings. The minimum absolute atomic E-state index is 0.297. The first kappa shape index (κ1) is 18.1. The SMILES string of the molecule is Cc1ccc(-n2cc(C3CCN(CC(F)(F)F)CC3)c3ccccc32)cc1. The molecule has 0 N–H and O–H groups in total. The number of halogens is 3. The molecule has 2 aromatic carbocycles. The first-order valence-corrected chi connectivity index (χ1v) is 9.37. The van der Waals surface area contributed by atoms with E-state index in [0.717, 1.165) is 24.0 Å². The molecule has 0 radical (unpaired) electrons. The molecule has 1 aromatic heterocycles. The van der Waals surface area contributed by atoms with E-state index in [9.17, 15) is 13.2 Å². The van der Waals surface area contributed by atoms with Crippen molar-refractivity contribution in [3.05, 3.63) is 65.9 Å². The molecule has 1 aliphatic heterocycles.